The summed E-state index contributed by atoms with van der Waals surface area (Å²) in [6.07, 6.45) is 2.79. The first-order chi connectivity index (χ1) is 6.83. The number of hydrogen-bond donors (Lipinski definition) is 0. The third-order valence-electron chi connectivity index (χ3n) is 2.61. The smallest absolute Gasteiger partial charge is 0.0597 e. The van der Waals surface area contributed by atoms with E-state index in [0.717, 1.165) is 39.5 Å². The SMILES string of the molecule is CCCC(C)OCCN1CCOCC1. The molecule has 1 aliphatic heterocycles. The highest BCUT2D eigenvalue weighted by molar-refractivity contribution is 4.61. The Morgan fingerprint density at radius 3 is 2.71 bits per heavy atom. The predicted octanol–water partition coefficient (Wildman–Crippen LogP) is 1.52. The second kappa shape index (κ2) is 7.21. The van der Waals surface area contributed by atoms with E-state index in [1.807, 2.05) is 0 Å². The standard InChI is InChI=1S/C11H23NO2/c1-3-4-11(2)14-10-7-12-5-8-13-9-6-12/h11H,3-10H2,1-2H3. The molecule has 0 saturated carbocycles. The Hall–Kier alpha value is -0.120. The summed E-state index contributed by atoms with van der Waals surface area (Å²) < 4.78 is 11.0. The van der Waals surface area contributed by atoms with Crippen molar-refractivity contribution in [3.8, 4) is 0 Å². The lowest BCUT2D eigenvalue weighted by Gasteiger charge is -2.26. The molecule has 1 aliphatic rings. The molecule has 0 amide bonds. The second-order valence-corrected chi connectivity index (χ2v) is 3.92. The van der Waals surface area contributed by atoms with E-state index in [9.17, 15) is 0 Å². The van der Waals surface area contributed by atoms with Crippen LogP contribution in [0.25, 0.3) is 0 Å². The molecule has 1 rings (SSSR count). The Balaban J connectivity index is 1.96. The molecule has 1 saturated heterocycles. The number of morpholine rings is 1. The van der Waals surface area contributed by atoms with Crippen LogP contribution in [0.1, 0.15) is 26.7 Å². The van der Waals surface area contributed by atoms with Crippen molar-refractivity contribution in [2.45, 2.75) is 32.8 Å². The third-order valence-corrected chi connectivity index (χ3v) is 2.61. The van der Waals surface area contributed by atoms with Gasteiger partial charge in [0.15, 0.2) is 0 Å². The van der Waals surface area contributed by atoms with Crippen LogP contribution in [0, 0.1) is 0 Å². The van der Waals surface area contributed by atoms with Gasteiger partial charge in [-0.05, 0) is 13.3 Å². The second-order valence-electron chi connectivity index (χ2n) is 3.92. The average Bonchev–Trinajstić information content (AvgIpc) is 2.20. The van der Waals surface area contributed by atoms with Gasteiger partial charge >= 0.3 is 0 Å². The van der Waals surface area contributed by atoms with Gasteiger partial charge in [-0.15, -0.1) is 0 Å². The first kappa shape index (κ1) is 12.0. The summed E-state index contributed by atoms with van der Waals surface area (Å²) in [5, 5.41) is 0. The fourth-order valence-corrected chi connectivity index (χ4v) is 1.70. The van der Waals surface area contributed by atoms with Crippen molar-refractivity contribution >= 4 is 0 Å². The van der Waals surface area contributed by atoms with Gasteiger partial charge in [-0.1, -0.05) is 13.3 Å². The minimum Gasteiger partial charge on any atom is -0.379 e. The van der Waals surface area contributed by atoms with Gasteiger partial charge in [-0.2, -0.15) is 0 Å². The fourth-order valence-electron chi connectivity index (χ4n) is 1.70. The summed E-state index contributed by atoms with van der Waals surface area (Å²) in [6, 6.07) is 0. The van der Waals surface area contributed by atoms with Crippen LogP contribution in [0.4, 0.5) is 0 Å². The summed E-state index contributed by atoms with van der Waals surface area (Å²) in [7, 11) is 0. The normalized spacial score (nSPS) is 21.0. The summed E-state index contributed by atoms with van der Waals surface area (Å²) in [6.45, 7) is 10.1. The fraction of sp³-hybridized carbons (Fsp3) is 1.00. The molecule has 0 aromatic carbocycles. The van der Waals surface area contributed by atoms with E-state index in [2.05, 4.69) is 18.7 Å². The Labute approximate surface area is 87.4 Å². The summed E-state index contributed by atoms with van der Waals surface area (Å²) in [4.78, 5) is 2.40. The lowest BCUT2D eigenvalue weighted by molar-refractivity contribution is 0.00417. The molecule has 14 heavy (non-hydrogen) atoms. The maximum absolute atomic E-state index is 5.70. The lowest BCUT2D eigenvalue weighted by Crippen LogP contribution is -2.38. The predicted molar refractivity (Wildman–Crippen MR) is 57.6 cm³/mol. The molecule has 0 radical (unpaired) electrons. The van der Waals surface area contributed by atoms with Crippen LogP contribution in [-0.2, 0) is 9.47 Å². The summed E-state index contributed by atoms with van der Waals surface area (Å²) in [5.74, 6) is 0. The van der Waals surface area contributed by atoms with Gasteiger partial charge in [0.1, 0.15) is 0 Å². The van der Waals surface area contributed by atoms with Crippen LogP contribution in [0.5, 0.6) is 0 Å². The largest absolute Gasteiger partial charge is 0.379 e. The van der Waals surface area contributed by atoms with Crippen LogP contribution >= 0.6 is 0 Å². The van der Waals surface area contributed by atoms with Gasteiger partial charge in [0.05, 0.1) is 25.9 Å². The molecule has 84 valence electrons. The van der Waals surface area contributed by atoms with Crippen LogP contribution in [0.3, 0.4) is 0 Å². The monoisotopic (exact) mass is 201 g/mol. The molecule has 0 bridgehead atoms. The van der Waals surface area contributed by atoms with Gasteiger partial charge in [0.25, 0.3) is 0 Å². The maximum atomic E-state index is 5.70. The van der Waals surface area contributed by atoms with E-state index in [1.54, 1.807) is 0 Å². The van der Waals surface area contributed by atoms with Gasteiger partial charge < -0.3 is 9.47 Å². The van der Waals surface area contributed by atoms with Crippen molar-refractivity contribution in [3.63, 3.8) is 0 Å². The van der Waals surface area contributed by atoms with E-state index in [1.165, 1.54) is 12.8 Å². The first-order valence-corrected chi connectivity index (χ1v) is 5.74. The highest BCUT2D eigenvalue weighted by atomic mass is 16.5. The minimum absolute atomic E-state index is 0.418. The maximum Gasteiger partial charge on any atom is 0.0597 e. The van der Waals surface area contributed by atoms with Crippen LogP contribution in [0.2, 0.25) is 0 Å². The quantitative estimate of drug-likeness (QED) is 0.650. The zero-order valence-corrected chi connectivity index (χ0v) is 9.50. The molecular weight excluding hydrogens is 178 g/mol. The molecule has 1 unspecified atom stereocenters. The van der Waals surface area contributed by atoms with Crippen molar-refractivity contribution in [3.05, 3.63) is 0 Å². The van der Waals surface area contributed by atoms with Gasteiger partial charge in [-0.3, -0.25) is 4.90 Å². The third kappa shape index (κ3) is 4.94. The van der Waals surface area contributed by atoms with E-state index in [-0.39, 0.29) is 0 Å². The number of rotatable bonds is 6. The molecule has 0 N–H and O–H groups in total. The minimum atomic E-state index is 0.418. The first-order valence-electron chi connectivity index (χ1n) is 5.74. The number of nitrogens with zero attached hydrogens (tertiary/aromatic N) is 1. The Bertz CT molecular complexity index is 135. The summed E-state index contributed by atoms with van der Waals surface area (Å²) in [5.41, 5.74) is 0. The molecule has 0 aromatic heterocycles. The van der Waals surface area contributed by atoms with Gasteiger partial charge in [-0.25, -0.2) is 0 Å². The van der Waals surface area contributed by atoms with E-state index >= 15 is 0 Å². The number of ether oxygens (including phenoxy) is 2. The molecule has 3 heteroatoms. The zero-order chi connectivity index (χ0) is 10.2. The molecule has 3 nitrogen and oxygen atoms in total. The van der Waals surface area contributed by atoms with E-state index < -0.39 is 0 Å². The lowest BCUT2D eigenvalue weighted by atomic mass is 10.2. The zero-order valence-electron chi connectivity index (χ0n) is 9.50. The number of hydrogen-bond acceptors (Lipinski definition) is 3. The van der Waals surface area contributed by atoms with E-state index in [0.29, 0.717) is 6.10 Å². The molecule has 1 heterocycles. The highest BCUT2D eigenvalue weighted by Crippen LogP contribution is 2.01. The molecule has 0 aromatic rings. The topological polar surface area (TPSA) is 21.7 Å². The molecule has 0 aliphatic carbocycles. The van der Waals surface area contributed by atoms with E-state index in [4.69, 9.17) is 9.47 Å². The van der Waals surface area contributed by atoms with Crippen molar-refractivity contribution in [2.75, 3.05) is 39.5 Å². The molecular formula is C11H23NO2. The molecule has 0 spiro atoms. The van der Waals surface area contributed by atoms with Gasteiger partial charge in [0, 0.05) is 19.6 Å². The Morgan fingerprint density at radius 1 is 1.36 bits per heavy atom. The Kier molecular flexibility index (Phi) is 6.15. The van der Waals surface area contributed by atoms with Crippen molar-refractivity contribution in [2.24, 2.45) is 0 Å². The van der Waals surface area contributed by atoms with Crippen molar-refractivity contribution in [1.29, 1.82) is 0 Å². The highest BCUT2D eigenvalue weighted by Gasteiger charge is 2.10. The van der Waals surface area contributed by atoms with Crippen LogP contribution < -0.4 is 0 Å². The molecule has 1 fully saturated rings. The summed E-state index contributed by atoms with van der Waals surface area (Å²) >= 11 is 0. The van der Waals surface area contributed by atoms with Crippen molar-refractivity contribution < 1.29 is 9.47 Å². The Morgan fingerprint density at radius 2 is 2.07 bits per heavy atom. The molecule has 1 atom stereocenters. The van der Waals surface area contributed by atoms with Gasteiger partial charge in [0.2, 0.25) is 0 Å². The van der Waals surface area contributed by atoms with Crippen molar-refractivity contribution in [1.82, 2.24) is 4.90 Å². The average molecular weight is 201 g/mol. The van der Waals surface area contributed by atoms with Crippen LogP contribution in [0.15, 0.2) is 0 Å². The van der Waals surface area contributed by atoms with Crippen LogP contribution in [-0.4, -0.2) is 50.5 Å².